The van der Waals surface area contributed by atoms with E-state index in [1.807, 2.05) is 0 Å². The molecule has 1 aromatic heterocycles. The van der Waals surface area contributed by atoms with Crippen molar-refractivity contribution >= 4 is 0 Å². The zero-order chi connectivity index (χ0) is 7.56. The predicted octanol–water partition coefficient (Wildman–Crippen LogP) is 0.808. The number of hydrogen-bond acceptors (Lipinski definition) is 5. The maximum Gasteiger partial charge on any atom is 0.519 e. The van der Waals surface area contributed by atoms with Crippen LogP contribution in [0.1, 0.15) is 11.5 Å². The van der Waals surface area contributed by atoms with Gasteiger partial charge in [-0.05, 0) is 6.92 Å². The van der Waals surface area contributed by atoms with Gasteiger partial charge in [0.15, 0.2) is 5.76 Å². The van der Waals surface area contributed by atoms with Crippen molar-refractivity contribution < 1.29 is 8.83 Å². The van der Waals surface area contributed by atoms with Crippen LogP contribution in [0.5, 0.6) is 0 Å². The van der Waals surface area contributed by atoms with Crippen molar-refractivity contribution in [3.05, 3.63) is 27.0 Å². The first-order valence-corrected chi connectivity index (χ1v) is 2.62. The van der Waals surface area contributed by atoms with Gasteiger partial charge in [-0.3, -0.25) is 0 Å². The third kappa shape index (κ3) is 1.12. The molecule has 0 aromatic carbocycles. The van der Waals surface area contributed by atoms with Gasteiger partial charge in [-0.2, -0.15) is 4.91 Å². The Morgan fingerprint density at radius 1 is 1.50 bits per heavy atom. The Labute approximate surface area is 55.6 Å². The van der Waals surface area contributed by atoms with Gasteiger partial charge < -0.3 is 8.83 Å². The Morgan fingerprint density at radius 2 is 2.20 bits per heavy atom. The van der Waals surface area contributed by atoms with Crippen LogP contribution in [-0.4, -0.2) is 0 Å². The highest BCUT2D eigenvalue weighted by Gasteiger charge is 2.06. The molecule has 5 heteroatoms. The van der Waals surface area contributed by atoms with Gasteiger partial charge in [-0.1, -0.05) is 5.18 Å². The summed E-state index contributed by atoms with van der Waals surface area (Å²) in [6.45, 7) is 1.38. The molecule has 0 spiro atoms. The monoisotopic (exact) mass is 143 g/mol. The summed E-state index contributed by atoms with van der Waals surface area (Å²) in [7, 11) is 0. The van der Waals surface area contributed by atoms with Gasteiger partial charge in [0.05, 0.1) is 0 Å². The quantitative estimate of drug-likeness (QED) is 0.574. The highest BCUT2D eigenvalue weighted by Crippen LogP contribution is 2.04. The van der Waals surface area contributed by atoms with E-state index in [4.69, 9.17) is 0 Å². The minimum Gasteiger partial charge on any atom is -0.396 e. The number of nitroso groups, excluding NO2 is 1. The lowest BCUT2D eigenvalue weighted by molar-refractivity contribution is 0.369. The number of hydrogen-bond donors (Lipinski definition) is 0. The molecule has 0 fully saturated rings. The van der Waals surface area contributed by atoms with Crippen molar-refractivity contribution in [3.63, 3.8) is 0 Å². The molecular formula is C5H5NO4. The van der Waals surface area contributed by atoms with Crippen molar-refractivity contribution in [1.29, 1.82) is 0 Å². The Morgan fingerprint density at radius 3 is 2.60 bits per heavy atom. The molecule has 1 aromatic rings. The molecule has 1 rings (SSSR count). The third-order valence-electron chi connectivity index (χ3n) is 1.04. The molecule has 54 valence electrons. The molecule has 1 heterocycles. The number of nitrogens with zero attached hydrogens (tertiary/aromatic N) is 1. The van der Waals surface area contributed by atoms with Crippen molar-refractivity contribution in [2.75, 3.05) is 0 Å². The molecule has 0 bridgehead atoms. The second-order valence-electron chi connectivity index (χ2n) is 1.72. The van der Waals surface area contributed by atoms with Crippen LogP contribution < -0.4 is 5.82 Å². The molecule has 10 heavy (non-hydrogen) atoms. The molecule has 0 aliphatic heterocycles. The van der Waals surface area contributed by atoms with E-state index in [1.165, 1.54) is 6.92 Å². The van der Waals surface area contributed by atoms with Crippen molar-refractivity contribution in [1.82, 2.24) is 0 Å². The van der Waals surface area contributed by atoms with Crippen molar-refractivity contribution in [2.45, 2.75) is 13.5 Å². The van der Waals surface area contributed by atoms with Crippen LogP contribution in [0.3, 0.4) is 0 Å². The van der Waals surface area contributed by atoms with Gasteiger partial charge in [0.25, 0.3) is 0 Å². The summed E-state index contributed by atoms with van der Waals surface area (Å²) in [4.78, 5) is 20.0. The van der Waals surface area contributed by atoms with Gasteiger partial charge in [0.2, 0.25) is 0 Å². The minimum atomic E-state index is -0.795. The molecular weight excluding hydrogens is 138 g/mol. The van der Waals surface area contributed by atoms with E-state index < -0.39 is 5.82 Å². The molecule has 0 amide bonds. The zero-order valence-electron chi connectivity index (χ0n) is 5.29. The summed E-state index contributed by atoms with van der Waals surface area (Å²) >= 11 is 0. The fourth-order valence-corrected chi connectivity index (χ4v) is 0.577. The van der Waals surface area contributed by atoms with E-state index in [0.717, 1.165) is 0 Å². The van der Waals surface area contributed by atoms with Crippen LogP contribution in [0.2, 0.25) is 0 Å². The first kappa shape index (κ1) is 6.73. The highest BCUT2D eigenvalue weighted by atomic mass is 16.6. The second-order valence-corrected chi connectivity index (χ2v) is 1.72. The average molecular weight is 143 g/mol. The molecule has 0 aliphatic carbocycles. The highest BCUT2D eigenvalue weighted by molar-refractivity contribution is 4.99. The van der Waals surface area contributed by atoms with E-state index >= 15 is 0 Å². The van der Waals surface area contributed by atoms with Crippen molar-refractivity contribution in [3.8, 4) is 0 Å². The van der Waals surface area contributed by atoms with Crippen LogP contribution in [0.15, 0.2) is 18.8 Å². The fourth-order valence-electron chi connectivity index (χ4n) is 0.577. The Hall–Kier alpha value is -1.39. The largest absolute Gasteiger partial charge is 0.519 e. The van der Waals surface area contributed by atoms with E-state index in [9.17, 15) is 9.70 Å². The van der Waals surface area contributed by atoms with Gasteiger partial charge in [0, 0.05) is 0 Å². The maximum atomic E-state index is 10.3. The van der Waals surface area contributed by atoms with Crippen molar-refractivity contribution in [2.24, 2.45) is 5.18 Å². The lowest BCUT2D eigenvalue weighted by Gasteiger charge is -1.81. The summed E-state index contributed by atoms with van der Waals surface area (Å²) in [6, 6.07) is 0. The average Bonchev–Trinajstić information content (AvgIpc) is 2.13. The Bertz CT molecular complexity index is 284. The van der Waals surface area contributed by atoms with E-state index in [-0.39, 0.29) is 12.3 Å². The van der Waals surface area contributed by atoms with E-state index in [2.05, 4.69) is 14.0 Å². The summed E-state index contributed by atoms with van der Waals surface area (Å²) < 4.78 is 8.88. The lowest BCUT2D eigenvalue weighted by Crippen LogP contribution is -1.86. The van der Waals surface area contributed by atoms with Gasteiger partial charge >= 0.3 is 5.82 Å². The van der Waals surface area contributed by atoms with Gasteiger partial charge in [-0.25, -0.2) is 4.79 Å². The Kier molecular flexibility index (Phi) is 1.66. The molecule has 0 saturated carbocycles. The van der Waals surface area contributed by atoms with Gasteiger partial charge in [-0.15, -0.1) is 0 Å². The molecule has 0 aliphatic rings. The zero-order valence-corrected chi connectivity index (χ0v) is 5.29. The van der Waals surface area contributed by atoms with Crippen LogP contribution >= 0.6 is 0 Å². The normalized spacial score (nSPS) is 9.70. The summed E-state index contributed by atoms with van der Waals surface area (Å²) in [5.41, 5.74) is 0. The van der Waals surface area contributed by atoms with Crippen LogP contribution in [-0.2, 0) is 6.54 Å². The van der Waals surface area contributed by atoms with Gasteiger partial charge in [0.1, 0.15) is 12.3 Å². The molecule has 5 nitrogen and oxygen atoms in total. The topological polar surface area (TPSA) is 72.8 Å². The summed E-state index contributed by atoms with van der Waals surface area (Å²) in [6.07, 6.45) is 0. The molecule has 0 atom stereocenters. The summed E-state index contributed by atoms with van der Waals surface area (Å²) in [5.74, 6) is -0.291. The Balaban J connectivity index is 3.02. The fraction of sp³-hybridized carbons (Fsp3) is 0.400. The van der Waals surface area contributed by atoms with E-state index in [1.54, 1.807) is 0 Å². The maximum absolute atomic E-state index is 10.3. The number of rotatable bonds is 2. The lowest BCUT2D eigenvalue weighted by atomic mass is 10.4. The number of aryl methyl sites for hydroxylation is 1. The molecule has 0 radical (unpaired) electrons. The third-order valence-corrected chi connectivity index (χ3v) is 1.04. The van der Waals surface area contributed by atoms with E-state index in [0.29, 0.717) is 5.76 Å². The molecule has 0 N–H and O–H groups in total. The SMILES string of the molecule is Cc1oc(=O)oc1CN=O. The predicted molar refractivity (Wildman–Crippen MR) is 31.5 cm³/mol. The first-order chi connectivity index (χ1) is 4.74. The van der Waals surface area contributed by atoms with Crippen LogP contribution in [0.25, 0.3) is 0 Å². The molecule has 0 unspecified atom stereocenters. The first-order valence-electron chi connectivity index (χ1n) is 2.62. The van der Waals surface area contributed by atoms with Crippen LogP contribution in [0.4, 0.5) is 0 Å². The van der Waals surface area contributed by atoms with Crippen LogP contribution in [0, 0.1) is 11.8 Å². The minimum absolute atomic E-state index is 0.155. The smallest absolute Gasteiger partial charge is 0.396 e. The molecule has 0 saturated heterocycles. The second kappa shape index (κ2) is 2.47. The summed E-state index contributed by atoms with van der Waals surface area (Å²) in [5, 5.41) is 2.54. The standard InChI is InChI=1S/C5H5NO4/c1-3-4(2-6-8)10-5(7)9-3/h2H2,1H3.